The summed E-state index contributed by atoms with van der Waals surface area (Å²) in [6.07, 6.45) is 3.22. The summed E-state index contributed by atoms with van der Waals surface area (Å²) in [5.41, 5.74) is 3.15. The van der Waals surface area contributed by atoms with E-state index in [0.717, 1.165) is 19.3 Å². The van der Waals surface area contributed by atoms with E-state index in [1.54, 1.807) is 18.2 Å². The predicted octanol–water partition coefficient (Wildman–Crippen LogP) is 3.67. The van der Waals surface area contributed by atoms with Gasteiger partial charge in [0.25, 0.3) is 0 Å². The molecule has 1 N–H and O–H groups in total. The number of aryl methyl sites for hydroxylation is 1. The largest absolute Gasteiger partial charge is 0.325 e. The van der Waals surface area contributed by atoms with Gasteiger partial charge in [-0.1, -0.05) is 44.2 Å². The Bertz CT molecular complexity index is 987. The van der Waals surface area contributed by atoms with Crippen molar-refractivity contribution in [2.45, 2.75) is 44.0 Å². The fourth-order valence-electron chi connectivity index (χ4n) is 4.17. The van der Waals surface area contributed by atoms with Gasteiger partial charge in [-0.05, 0) is 55.6 Å². The van der Waals surface area contributed by atoms with Crippen molar-refractivity contribution in [2.24, 2.45) is 0 Å². The third kappa shape index (κ3) is 4.91. The molecule has 2 aromatic carbocycles. The molecular formula is C23H31N3O3S. The van der Waals surface area contributed by atoms with Crippen LogP contribution in [-0.2, 0) is 21.2 Å². The first-order valence-corrected chi connectivity index (χ1v) is 12.0. The number of anilines is 1. The quantitative estimate of drug-likeness (QED) is 0.695. The SMILES string of the molecule is CCN(CC)S(=O)(=O)c1cccc(NC(=O)CN(C)[C@@H]2CCCc3ccccc32)c1. The number of carbonyl (C=O) groups is 1. The number of amides is 1. The van der Waals surface area contributed by atoms with Gasteiger partial charge in [0, 0.05) is 24.8 Å². The fraction of sp³-hybridized carbons (Fsp3) is 0.435. The van der Waals surface area contributed by atoms with Crippen molar-refractivity contribution in [1.82, 2.24) is 9.21 Å². The smallest absolute Gasteiger partial charge is 0.243 e. The lowest BCUT2D eigenvalue weighted by molar-refractivity contribution is -0.117. The van der Waals surface area contributed by atoms with Crippen LogP contribution >= 0.6 is 0 Å². The first-order valence-electron chi connectivity index (χ1n) is 10.5. The molecule has 0 fully saturated rings. The van der Waals surface area contributed by atoms with Crippen LogP contribution < -0.4 is 5.32 Å². The standard InChI is InChI=1S/C23H31N3O3S/c1-4-26(5-2)30(28,29)20-13-9-12-19(16-20)24-23(27)17-25(3)22-15-8-11-18-10-6-7-14-21(18)22/h6-7,9-10,12-14,16,22H,4-5,8,11,15,17H2,1-3H3,(H,24,27)/t22-/m1/s1. The van der Waals surface area contributed by atoms with Crippen molar-refractivity contribution in [3.8, 4) is 0 Å². The van der Waals surface area contributed by atoms with Gasteiger partial charge in [-0.25, -0.2) is 8.42 Å². The normalized spacial score (nSPS) is 16.5. The highest BCUT2D eigenvalue weighted by molar-refractivity contribution is 7.89. The maximum Gasteiger partial charge on any atom is 0.243 e. The van der Waals surface area contributed by atoms with Crippen LogP contribution in [0.5, 0.6) is 0 Å². The van der Waals surface area contributed by atoms with Crippen LogP contribution in [-0.4, -0.2) is 50.2 Å². The number of hydrogen-bond donors (Lipinski definition) is 1. The van der Waals surface area contributed by atoms with Gasteiger partial charge in [-0.15, -0.1) is 0 Å². The number of rotatable bonds is 8. The fourth-order valence-corrected chi connectivity index (χ4v) is 5.67. The van der Waals surface area contributed by atoms with Gasteiger partial charge in [-0.2, -0.15) is 4.31 Å². The molecule has 1 amide bonds. The van der Waals surface area contributed by atoms with Crippen LogP contribution in [0, 0.1) is 0 Å². The average Bonchev–Trinajstić information content (AvgIpc) is 2.74. The average molecular weight is 430 g/mol. The van der Waals surface area contributed by atoms with Gasteiger partial charge in [0.15, 0.2) is 0 Å². The number of nitrogens with one attached hydrogen (secondary N) is 1. The molecule has 1 aliphatic carbocycles. The highest BCUT2D eigenvalue weighted by Gasteiger charge is 2.25. The molecule has 3 rings (SSSR count). The minimum Gasteiger partial charge on any atom is -0.325 e. The maximum absolute atomic E-state index is 12.7. The molecule has 0 saturated carbocycles. The molecule has 7 heteroatoms. The minimum atomic E-state index is -3.56. The highest BCUT2D eigenvalue weighted by atomic mass is 32.2. The van der Waals surface area contributed by atoms with Gasteiger partial charge < -0.3 is 5.32 Å². The summed E-state index contributed by atoms with van der Waals surface area (Å²) in [6, 6.07) is 15.1. The van der Waals surface area contributed by atoms with E-state index in [1.165, 1.54) is 21.5 Å². The molecule has 0 spiro atoms. The number of benzene rings is 2. The van der Waals surface area contributed by atoms with E-state index < -0.39 is 10.0 Å². The Hall–Kier alpha value is -2.22. The lowest BCUT2D eigenvalue weighted by Gasteiger charge is -2.32. The summed E-state index contributed by atoms with van der Waals surface area (Å²) in [4.78, 5) is 14.9. The third-order valence-electron chi connectivity index (χ3n) is 5.72. The van der Waals surface area contributed by atoms with Crippen molar-refractivity contribution in [1.29, 1.82) is 0 Å². The van der Waals surface area contributed by atoms with Gasteiger partial charge in [-0.3, -0.25) is 9.69 Å². The zero-order chi connectivity index (χ0) is 21.7. The molecule has 0 aromatic heterocycles. The van der Waals surface area contributed by atoms with Crippen LogP contribution in [0.1, 0.15) is 43.9 Å². The minimum absolute atomic E-state index is 0.155. The van der Waals surface area contributed by atoms with Crippen molar-refractivity contribution in [3.05, 3.63) is 59.7 Å². The lowest BCUT2D eigenvalue weighted by Crippen LogP contribution is -2.35. The summed E-state index contributed by atoms with van der Waals surface area (Å²) in [5.74, 6) is -0.155. The number of carbonyl (C=O) groups excluding carboxylic acids is 1. The number of sulfonamides is 1. The molecule has 2 aromatic rings. The topological polar surface area (TPSA) is 69.7 Å². The van der Waals surface area contributed by atoms with E-state index in [-0.39, 0.29) is 23.4 Å². The zero-order valence-electron chi connectivity index (χ0n) is 18.0. The lowest BCUT2D eigenvalue weighted by atomic mass is 9.87. The summed E-state index contributed by atoms with van der Waals surface area (Å²) >= 11 is 0. The number of fused-ring (bicyclic) bond motifs is 1. The Morgan fingerprint density at radius 3 is 2.57 bits per heavy atom. The monoisotopic (exact) mass is 429 g/mol. The van der Waals surface area contributed by atoms with Crippen LogP contribution in [0.25, 0.3) is 0 Å². The number of nitrogens with zero attached hydrogens (tertiary/aromatic N) is 2. The van der Waals surface area contributed by atoms with E-state index in [1.807, 2.05) is 27.0 Å². The molecule has 6 nitrogen and oxygen atoms in total. The first-order chi connectivity index (χ1) is 14.4. The van der Waals surface area contributed by atoms with Crippen LogP contribution in [0.4, 0.5) is 5.69 Å². The van der Waals surface area contributed by atoms with Crippen molar-refractivity contribution < 1.29 is 13.2 Å². The molecular weight excluding hydrogens is 398 g/mol. The van der Waals surface area contributed by atoms with Crippen LogP contribution in [0.2, 0.25) is 0 Å². The first kappa shape index (κ1) is 22.5. The maximum atomic E-state index is 12.7. The Balaban J connectivity index is 1.69. The van der Waals surface area contributed by atoms with E-state index >= 15 is 0 Å². The Morgan fingerprint density at radius 2 is 1.83 bits per heavy atom. The van der Waals surface area contributed by atoms with Gasteiger partial charge >= 0.3 is 0 Å². The second-order valence-corrected chi connectivity index (χ2v) is 9.63. The molecule has 0 bridgehead atoms. The highest BCUT2D eigenvalue weighted by Crippen LogP contribution is 2.33. The van der Waals surface area contributed by atoms with Crippen LogP contribution in [0.3, 0.4) is 0 Å². The summed E-state index contributed by atoms with van der Waals surface area (Å²) < 4.78 is 26.9. The van der Waals surface area contributed by atoms with E-state index in [9.17, 15) is 13.2 Å². The molecule has 1 atom stereocenters. The predicted molar refractivity (Wildman–Crippen MR) is 120 cm³/mol. The molecule has 0 unspecified atom stereocenters. The Kier molecular flexibility index (Phi) is 7.28. The molecule has 0 heterocycles. The summed E-state index contributed by atoms with van der Waals surface area (Å²) in [6.45, 7) is 4.68. The van der Waals surface area contributed by atoms with E-state index in [0.29, 0.717) is 18.8 Å². The Labute approximate surface area is 179 Å². The molecule has 1 aliphatic rings. The molecule has 162 valence electrons. The van der Waals surface area contributed by atoms with Crippen LogP contribution in [0.15, 0.2) is 53.4 Å². The molecule has 0 saturated heterocycles. The van der Waals surface area contributed by atoms with E-state index in [4.69, 9.17) is 0 Å². The number of likely N-dealkylation sites (N-methyl/N-ethyl adjacent to an activating group) is 1. The van der Waals surface area contributed by atoms with Gasteiger partial charge in [0.1, 0.15) is 0 Å². The van der Waals surface area contributed by atoms with Crippen molar-refractivity contribution >= 4 is 21.6 Å². The van der Waals surface area contributed by atoms with Crippen molar-refractivity contribution in [3.63, 3.8) is 0 Å². The number of hydrogen-bond acceptors (Lipinski definition) is 4. The zero-order valence-corrected chi connectivity index (χ0v) is 18.8. The van der Waals surface area contributed by atoms with Gasteiger partial charge in [0.2, 0.25) is 15.9 Å². The molecule has 0 aliphatic heterocycles. The van der Waals surface area contributed by atoms with Gasteiger partial charge in [0.05, 0.1) is 11.4 Å². The van der Waals surface area contributed by atoms with E-state index in [2.05, 4.69) is 28.4 Å². The third-order valence-corrected chi connectivity index (χ3v) is 7.77. The Morgan fingerprint density at radius 1 is 1.10 bits per heavy atom. The van der Waals surface area contributed by atoms with Crippen molar-refractivity contribution in [2.75, 3.05) is 32.0 Å². The molecule has 30 heavy (non-hydrogen) atoms. The second kappa shape index (κ2) is 9.73. The summed E-state index contributed by atoms with van der Waals surface area (Å²) in [5, 5.41) is 2.86. The summed E-state index contributed by atoms with van der Waals surface area (Å²) in [7, 11) is -1.60. The molecule has 0 radical (unpaired) electrons. The second-order valence-electron chi connectivity index (χ2n) is 7.69.